The van der Waals surface area contributed by atoms with Gasteiger partial charge in [-0.2, -0.15) is 0 Å². The molecule has 2 N–H and O–H groups in total. The highest BCUT2D eigenvalue weighted by molar-refractivity contribution is 4.83. The van der Waals surface area contributed by atoms with Gasteiger partial charge in [-0.1, -0.05) is 33.6 Å². The first-order valence-electron chi connectivity index (χ1n) is 7.40. The Balaban J connectivity index is 2.26. The number of nitrogens with zero attached hydrogens (tertiary/aromatic N) is 1. The Labute approximate surface area is 108 Å². The monoisotopic (exact) mass is 240 g/mol. The number of nitrogens with two attached hydrogens (primary N) is 1. The zero-order valence-corrected chi connectivity index (χ0v) is 12.3. The van der Waals surface area contributed by atoms with Crippen LogP contribution in [0.15, 0.2) is 0 Å². The normalized spacial score (nSPS) is 22.9. The van der Waals surface area contributed by atoms with Gasteiger partial charge in [-0.15, -0.1) is 0 Å². The largest absolute Gasteiger partial charge is 0.327 e. The number of unbranched alkanes of at least 4 members (excludes halogenated alkanes) is 1. The molecule has 2 heteroatoms. The molecule has 1 aliphatic rings. The summed E-state index contributed by atoms with van der Waals surface area (Å²) in [6.07, 6.45) is 9.15. The molecule has 0 bridgehead atoms. The van der Waals surface area contributed by atoms with E-state index in [2.05, 4.69) is 32.7 Å². The van der Waals surface area contributed by atoms with E-state index < -0.39 is 0 Å². The molecule has 0 spiro atoms. The molecule has 0 aromatic heterocycles. The van der Waals surface area contributed by atoms with Gasteiger partial charge in [0.05, 0.1) is 0 Å². The summed E-state index contributed by atoms with van der Waals surface area (Å²) < 4.78 is 0. The van der Waals surface area contributed by atoms with E-state index in [4.69, 9.17) is 5.73 Å². The summed E-state index contributed by atoms with van der Waals surface area (Å²) >= 11 is 0. The van der Waals surface area contributed by atoms with Gasteiger partial charge in [0, 0.05) is 18.6 Å². The molecule has 0 unspecified atom stereocenters. The van der Waals surface area contributed by atoms with Gasteiger partial charge < -0.3 is 10.6 Å². The van der Waals surface area contributed by atoms with Crippen LogP contribution in [0.2, 0.25) is 0 Å². The van der Waals surface area contributed by atoms with Gasteiger partial charge in [0.1, 0.15) is 0 Å². The average molecular weight is 240 g/mol. The molecule has 0 amide bonds. The lowest BCUT2D eigenvalue weighted by Crippen LogP contribution is -2.43. The summed E-state index contributed by atoms with van der Waals surface area (Å²) in [5, 5.41) is 0. The van der Waals surface area contributed by atoms with Crippen molar-refractivity contribution in [1.82, 2.24) is 4.90 Å². The van der Waals surface area contributed by atoms with Crippen molar-refractivity contribution in [2.45, 2.75) is 77.8 Å². The second-order valence-electron chi connectivity index (χ2n) is 6.74. The van der Waals surface area contributed by atoms with Crippen molar-refractivity contribution >= 4 is 0 Å². The first-order valence-corrected chi connectivity index (χ1v) is 7.40. The molecular formula is C15H32N2. The highest BCUT2D eigenvalue weighted by atomic mass is 15.1. The van der Waals surface area contributed by atoms with Crippen LogP contribution in [0.4, 0.5) is 0 Å². The van der Waals surface area contributed by atoms with Crippen molar-refractivity contribution < 1.29 is 0 Å². The van der Waals surface area contributed by atoms with Crippen molar-refractivity contribution in [2.24, 2.45) is 11.1 Å². The van der Waals surface area contributed by atoms with Crippen molar-refractivity contribution in [3.8, 4) is 0 Å². The SMILES string of the molecule is CCCC[C@H](N)CN(C)C1CCC(C)(C)CC1. The van der Waals surface area contributed by atoms with Crippen molar-refractivity contribution in [3.63, 3.8) is 0 Å². The van der Waals surface area contributed by atoms with Gasteiger partial charge >= 0.3 is 0 Å². The average Bonchev–Trinajstić information content (AvgIpc) is 2.26. The quantitative estimate of drug-likeness (QED) is 0.771. The van der Waals surface area contributed by atoms with Crippen LogP contribution in [0.25, 0.3) is 0 Å². The lowest BCUT2D eigenvalue weighted by atomic mass is 9.75. The van der Waals surface area contributed by atoms with Crippen LogP contribution < -0.4 is 5.73 Å². The van der Waals surface area contributed by atoms with Gasteiger partial charge in [0.15, 0.2) is 0 Å². The Hall–Kier alpha value is -0.0800. The van der Waals surface area contributed by atoms with Gasteiger partial charge in [-0.05, 0) is 44.6 Å². The van der Waals surface area contributed by atoms with E-state index in [0.29, 0.717) is 11.5 Å². The third kappa shape index (κ3) is 5.39. The Kier molecular flexibility index (Phi) is 5.94. The molecule has 0 aromatic carbocycles. The predicted octanol–water partition coefficient (Wildman–Crippen LogP) is 3.40. The van der Waals surface area contributed by atoms with Crippen LogP contribution >= 0.6 is 0 Å². The highest BCUT2D eigenvalue weighted by Gasteiger charge is 2.28. The smallest absolute Gasteiger partial charge is 0.0167 e. The summed E-state index contributed by atoms with van der Waals surface area (Å²) in [7, 11) is 2.26. The molecule has 1 fully saturated rings. The second kappa shape index (κ2) is 6.75. The van der Waals surface area contributed by atoms with Crippen LogP contribution in [0.3, 0.4) is 0 Å². The minimum absolute atomic E-state index is 0.370. The molecular weight excluding hydrogens is 208 g/mol. The van der Waals surface area contributed by atoms with E-state index in [0.717, 1.165) is 12.6 Å². The summed E-state index contributed by atoms with van der Waals surface area (Å²) in [6.45, 7) is 8.11. The summed E-state index contributed by atoms with van der Waals surface area (Å²) in [5.74, 6) is 0. The fourth-order valence-corrected chi connectivity index (χ4v) is 2.90. The maximum Gasteiger partial charge on any atom is 0.0167 e. The van der Waals surface area contributed by atoms with Gasteiger partial charge in [0.25, 0.3) is 0 Å². The standard InChI is InChI=1S/C15H32N2/c1-5-6-7-13(16)12-17(4)14-8-10-15(2,3)11-9-14/h13-14H,5-12,16H2,1-4H3/t13-/m0/s1. The first-order chi connectivity index (χ1) is 7.94. The summed E-state index contributed by atoms with van der Waals surface area (Å²) in [6, 6.07) is 1.14. The lowest BCUT2D eigenvalue weighted by Gasteiger charge is -2.39. The fourth-order valence-electron chi connectivity index (χ4n) is 2.90. The van der Waals surface area contributed by atoms with E-state index in [1.807, 2.05) is 0 Å². The first kappa shape index (κ1) is 15.0. The van der Waals surface area contributed by atoms with Crippen molar-refractivity contribution in [2.75, 3.05) is 13.6 Å². The van der Waals surface area contributed by atoms with Crippen molar-refractivity contribution in [1.29, 1.82) is 0 Å². The molecule has 1 rings (SSSR count). The molecule has 1 aliphatic carbocycles. The minimum Gasteiger partial charge on any atom is -0.327 e. The van der Waals surface area contributed by atoms with Crippen LogP contribution in [0.5, 0.6) is 0 Å². The van der Waals surface area contributed by atoms with E-state index >= 15 is 0 Å². The van der Waals surface area contributed by atoms with E-state index in [1.54, 1.807) is 0 Å². The van der Waals surface area contributed by atoms with Crippen LogP contribution in [-0.4, -0.2) is 30.6 Å². The Morgan fingerprint density at radius 1 is 1.29 bits per heavy atom. The Morgan fingerprint density at radius 3 is 2.41 bits per heavy atom. The number of hydrogen-bond donors (Lipinski definition) is 1. The van der Waals surface area contributed by atoms with Crippen LogP contribution in [0.1, 0.15) is 65.7 Å². The summed E-state index contributed by atoms with van der Waals surface area (Å²) in [5.41, 5.74) is 6.75. The lowest BCUT2D eigenvalue weighted by molar-refractivity contribution is 0.122. The molecule has 0 heterocycles. The molecule has 0 aromatic rings. The molecule has 0 radical (unpaired) electrons. The third-order valence-electron chi connectivity index (χ3n) is 4.38. The predicted molar refractivity (Wildman–Crippen MR) is 76.2 cm³/mol. The Bertz CT molecular complexity index is 203. The number of hydrogen-bond acceptors (Lipinski definition) is 2. The minimum atomic E-state index is 0.370. The maximum absolute atomic E-state index is 6.18. The third-order valence-corrected chi connectivity index (χ3v) is 4.38. The van der Waals surface area contributed by atoms with Gasteiger partial charge in [0.2, 0.25) is 0 Å². The van der Waals surface area contributed by atoms with Crippen LogP contribution in [-0.2, 0) is 0 Å². The zero-order chi connectivity index (χ0) is 12.9. The van der Waals surface area contributed by atoms with Gasteiger partial charge in [-0.25, -0.2) is 0 Å². The second-order valence-corrected chi connectivity index (χ2v) is 6.74. The van der Waals surface area contributed by atoms with Crippen LogP contribution in [0, 0.1) is 5.41 Å². The number of rotatable bonds is 6. The highest BCUT2D eigenvalue weighted by Crippen LogP contribution is 2.36. The molecule has 0 saturated heterocycles. The molecule has 2 nitrogen and oxygen atoms in total. The topological polar surface area (TPSA) is 29.3 Å². The van der Waals surface area contributed by atoms with E-state index in [9.17, 15) is 0 Å². The summed E-state index contributed by atoms with van der Waals surface area (Å²) in [4.78, 5) is 2.51. The van der Waals surface area contributed by atoms with E-state index in [1.165, 1.54) is 44.9 Å². The maximum atomic E-state index is 6.18. The number of likely N-dealkylation sites (N-methyl/N-ethyl adjacent to an activating group) is 1. The molecule has 0 aliphatic heterocycles. The molecule has 1 saturated carbocycles. The fraction of sp³-hybridized carbons (Fsp3) is 1.00. The molecule has 102 valence electrons. The molecule has 17 heavy (non-hydrogen) atoms. The van der Waals surface area contributed by atoms with Gasteiger partial charge in [-0.3, -0.25) is 0 Å². The zero-order valence-electron chi connectivity index (χ0n) is 12.3. The van der Waals surface area contributed by atoms with E-state index in [-0.39, 0.29) is 0 Å². The Morgan fingerprint density at radius 2 is 1.88 bits per heavy atom. The molecule has 1 atom stereocenters. The van der Waals surface area contributed by atoms with Crippen molar-refractivity contribution in [3.05, 3.63) is 0 Å².